The minimum atomic E-state index is -0.120. The fourth-order valence-electron chi connectivity index (χ4n) is 2.74. The van der Waals surface area contributed by atoms with Crippen LogP contribution in [0.4, 0.5) is 5.13 Å². The van der Waals surface area contributed by atoms with E-state index in [9.17, 15) is 4.79 Å². The maximum atomic E-state index is 12.4. The second-order valence-corrected chi connectivity index (χ2v) is 7.14. The molecule has 7 heteroatoms. The molecule has 0 spiro atoms. The van der Waals surface area contributed by atoms with Gasteiger partial charge in [0, 0.05) is 12.0 Å². The van der Waals surface area contributed by atoms with Crippen LogP contribution in [0.3, 0.4) is 0 Å². The summed E-state index contributed by atoms with van der Waals surface area (Å²) in [4.78, 5) is 22.2. The van der Waals surface area contributed by atoms with Gasteiger partial charge < -0.3 is 9.84 Å². The lowest BCUT2D eigenvalue weighted by Crippen LogP contribution is -2.14. The van der Waals surface area contributed by atoms with Crippen LogP contribution in [0.5, 0.6) is 0 Å². The molecule has 0 saturated carbocycles. The van der Waals surface area contributed by atoms with Gasteiger partial charge in [-0.05, 0) is 5.56 Å². The molecule has 4 aromatic rings. The summed E-state index contributed by atoms with van der Waals surface area (Å²) in [7, 11) is 0. The van der Waals surface area contributed by atoms with Gasteiger partial charge in [-0.25, -0.2) is 4.98 Å². The number of aryl methyl sites for hydroxylation is 1. The Morgan fingerprint density at radius 2 is 1.75 bits per heavy atom. The normalized spacial score (nSPS) is 10.8. The molecule has 0 radical (unpaired) electrons. The Labute approximate surface area is 166 Å². The van der Waals surface area contributed by atoms with Crippen molar-refractivity contribution >= 4 is 22.4 Å². The molecule has 1 N–H and O–H groups in total. The number of benzene rings is 2. The van der Waals surface area contributed by atoms with E-state index in [2.05, 4.69) is 20.4 Å². The van der Waals surface area contributed by atoms with Gasteiger partial charge in [-0.2, -0.15) is 4.98 Å². The SMILES string of the molecule is CCc1noc(-c2sc(NC(=O)Cc3ccccc3)nc2-c2ccccc2)n1. The van der Waals surface area contributed by atoms with Crippen LogP contribution in [0.1, 0.15) is 18.3 Å². The number of anilines is 1. The van der Waals surface area contributed by atoms with E-state index in [4.69, 9.17) is 4.52 Å². The first-order valence-electron chi connectivity index (χ1n) is 8.96. The van der Waals surface area contributed by atoms with Crippen molar-refractivity contribution in [2.24, 2.45) is 0 Å². The van der Waals surface area contributed by atoms with Gasteiger partial charge in [0.05, 0.1) is 12.1 Å². The van der Waals surface area contributed by atoms with Crippen LogP contribution < -0.4 is 5.32 Å². The molecule has 2 heterocycles. The first-order valence-corrected chi connectivity index (χ1v) is 9.77. The van der Waals surface area contributed by atoms with Gasteiger partial charge in [0.1, 0.15) is 4.88 Å². The van der Waals surface area contributed by atoms with Crippen molar-refractivity contribution in [1.29, 1.82) is 0 Å². The molecule has 1 amide bonds. The Kier molecular flexibility index (Phi) is 5.25. The molecule has 0 aliphatic rings. The highest BCUT2D eigenvalue weighted by molar-refractivity contribution is 7.19. The molecule has 0 aliphatic carbocycles. The molecule has 2 aromatic heterocycles. The molecule has 0 atom stereocenters. The Balaban J connectivity index is 1.64. The number of rotatable bonds is 6. The van der Waals surface area contributed by atoms with Crippen LogP contribution >= 0.6 is 11.3 Å². The molecule has 0 aliphatic heterocycles. The molecule has 4 rings (SSSR count). The number of carbonyl (C=O) groups excluding carboxylic acids is 1. The zero-order valence-electron chi connectivity index (χ0n) is 15.3. The molecule has 0 unspecified atom stereocenters. The minimum Gasteiger partial charge on any atom is -0.333 e. The summed E-state index contributed by atoms with van der Waals surface area (Å²) in [5.74, 6) is 0.930. The first-order chi connectivity index (χ1) is 13.7. The summed E-state index contributed by atoms with van der Waals surface area (Å²) >= 11 is 1.33. The van der Waals surface area contributed by atoms with E-state index in [1.807, 2.05) is 67.6 Å². The molecular weight excluding hydrogens is 372 g/mol. The second-order valence-electron chi connectivity index (χ2n) is 6.14. The molecule has 2 aromatic carbocycles. The summed E-state index contributed by atoms with van der Waals surface area (Å²) in [5.41, 5.74) is 2.59. The Bertz CT molecular complexity index is 1070. The summed E-state index contributed by atoms with van der Waals surface area (Å²) in [6, 6.07) is 19.4. The lowest BCUT2D eigenvalue weighted by molar-refractivity contribution is -0.115. The minimum absolute atomic E-state index is 0.120. The fraction of sp³-hybridized carbons (Fsp3) is 0.143. The van der Waals surface area contributed by atoms with E-state index in [1.54, 1.807) is 0 Å². The molecule has 28 heavy (non-hydrogen) atoms. The molecule has 6 nitrogen and oxygen atoms in total. The Morgan fingerprint density at radius 1 is 1.04 bits per heavy atom. The maximum absolute atomic E-state index is 12.4. The number of thiazole rings is 1. The van der Waals surface area contributed by atoms with Gasteiger partial charge in [-0.15, -0.1) is 0 Å². The molecule has 0 fully saturated rings. The van der Waals surface area contributed by atoms with Crippen LogP contribution in [0.15, 0.2) is 65.2 Å². The van der Waals surface area contributed by atoms with Crippen LogP contribution in [-0.4, -0.2) is 21.0 Å². The highest BCUT2D eigenvalue weighted by atomic mass is 32.1. The lowest BCUT2D eigenvalue weighted by atomic mass is 10.1. The summed E-state index contributed by atoms with van der Waals surface area (Å²) in [5, 5.41) is 7.37. The highest BCUT2D eigenvalue weighted by Gasteiger charge is 2.21. The predicted octanol–water partition coefficient (Wildman–Crippen LogP) is 4.60. The van der Waals surface area contributed by atoms with Gasteiger partial charge in [0.15, 0.2) is 11.0 Å². The standard InChI is InChI=1S/C21H18N4O2S/c1-2-16-22-20(27-25-16)19-18(15-11-7-4-8-12-15)24-21(28-19)23-17(26)13-14-9-5-3-6-10-14/h3-12H,2,13H2,1H3,(H,23,24,26). The number of amides is 1. The number of carbonyl (C=O) groups is 1. The third kappa shape index (κ3) is 3.99. The Hall–Kier alpha value is -3.32. The quantitative estimate of drug-likeness (QED) is 0.520. The lowest BCUT2D eigenvalue weighted by Gasteiger charge is -2.01. The van der Waals surface area contributed by atoms with Gasteiger partial charge in [0.2, 0.25) is 5.91 Å². The Morgan fingerprint density at radius 3 is 2.43 bits per heavy atom. The van der Waals surface area contributed by atoms with E-state index in [0.717, 1.165) is 16.0 Å². The van der Waals surface area contributed by atoms with Crippen LogP contribution in [0, 0.1) is 0 Å². The molecule has 140 valence electrons. The van der Waals surface area contributed by atoms with Crippen LogP contribution in [0.25, 0.3) is 22.0 Å². The summed E-state index contributed by atoms with van der Waals surface area (Å²) in [6.07, 6.45) is 0.973. The molecule has 0 bridgehead atoms. The van der Waals surface area contributed by atoms with E-state index in [0.29, 0.717) is 29.0 Å². The van der Waals surface area contributed by atoms with Crippen molar-refractivity contribution in [2.75, 3.05) is 5.32 Å². The summed E-state index contributed by atoms with van der Waals surface area (Å²) < 4.78 is 5.41. The number of nitrogens with zero attached hydrogens (tertiary/aromatic N) is 3. The number of aromatic nitrogens is 3. The smallest absolute Gasteiger partial charge is 0.270 e. The van der Waals surface area contributed by atoms with Crippen molar-refractivity contribution in [3.63, 3.8) is 0 Å². The monoisotopic (exact) mass is 390 g/mol. The second kappa shape index (κ2) is 8.14. The van der Waals surface area contributed by atoms with Crippen LogP contribution in [-0.2, 0) is 17.6 Å². The average Bonchev–Trinajstić information content (AvgIpc) is 3.36. The van der Waals surface area contributed by atoms with Gasteiger partial charge in [0.25, 0.3) is 5.89 Å². The number of nitrogens with one attached hydrogen (secondary N) is 1. The number of hydrogen-bond donors (Lipinski definition) is 1. The van der Waals surface area contributed by atoms with E-state index < -0.39 is 0 Å². The third-order valence-electron chi connectivity index (χ3n) is 4.11. The molecular formula is C21H18N4O2S. The van der Waals surface area contributed by atoms with Crippen LogP contribution in [0.2, 0.25) is 0 Å². The topological polar surface area (TPSA) is 80.9 Å². The van der Waals surface area contributed by atoms with Crippen molar-refractivity contribution in [2.45, 2.75) is 19.8 Å². The zero-order valence-corrected chi connectivity index (χ0v) is 16.1. The van der Waals surface area contributed by atoms with E-state index in [1.165, 1.54) is 11.3 Å². The summed E-state index contributed by atoms with van der Waals surface area (Å²) in [6.45, 7) is 1.97. The predicted molar refractivity (Wildman–Crippen MR) is 109 cm³/mol. The van der Waals surface area contributed by atoms with E-state index in [-0.39, 0.29) is 12.3 Å². The van der Waals surface area contributed by atoms with Gasteiger partial charge in [-0.1, -0.05) is 84.1 Å². The molecule has 0 saturated heterocycles. The average molecular weight is 390 g/mol. The highest BCUT2D eigenvalue weighted by Crippen LogP contribution is 2.38. The van der Waals surface area contributed by atoms with Gasteiger partial charge >= 0.3 is 0 Å². The van der Waals surface area contributed by atoms with Crippen molar-refractivity contribution in [3.8, 4) is 22.0 Å². The number of hydrogen-bond acceptors (Lipinski definition) is 6. The van der Waals surface area contributed by atoms with Gasteiger partial charge in [-0.3, -0.25) is 4.79 Å². The zero-order chi connectivity index (χ0) is 19.3. The van der Waals surface area contributed by atoms with Crippen molar-refractivity contribution in [3.05, 3.63) is 72.1 Å². The third-order valence-corrected chi connectivity index (χ3v) is 5.07. The largest absolute Gasteiger partial charge is 0.333 e. The van der Waals surface area contributed by atoms with E-state index >= 15 is 0 Å². The first kappa shape index (κ1) is 18.1. The maximum Gasteiger partial charge on any atom is 0.270 e. The fourth-order valence-corrected chi connectivity index (χ4v) is 3.67. The van der Waals surface area contributed by atoms with Crippen molar-refractivity contribution in [1.82, 2.24) is 15.1 Å². The van der Waals surface area contributed by atoms with Crippen molar-refractivity contribution < 1.29 is 9.32 Å².